The van der Waals surface area contributed by atoms with Crippen LogP contribution in [0.25, 0.3) is 11.0 Å². The van der Waals surface area contributed by atoms with Gasteiger partial charge >= 0.3 is 0 Å². The van der Waals surface area contributed by atoms with Gasteiger partial charge in [-0.15, -0.1) is 0 Å². The lowest BCUT2D eigenvalue weighted by Crippen LogP contribution is -2.27. The molecule has 6 heteroatoms. The molecular weight excluding hydrogens is 258 g/mol. The second-order valence-corrected chi connectivity index (χ2v) is 5.30. The number of hydrogen-bond acceptors (Lipinski definition) is 5. The van der Waals surface area contributed by atoms with E-state index < -0.39 is 0 Å². The second kappa shape index (κ2) is 4.64. The largest absolute Gasteiger partial charge is 0.489 e. The number of nitrogens with zero attached hydrogens (tertiary/aromatic N) is 1. The summed E-state index contributed by atoms with van der Waals surface area (Å²) in [5.41, 5.74) is 7.87. The summed E-state index contributed by atoms with van der Waals surface area (Å²) >= 11 is 0. The topological polar surface area (TPSA) is 82.4 Å². The average molecular weight is 275 g/mol. The summed E-state index contributed by atoms with van der Waals surface area (Å²) in [6.07, 6.45) is 0.898. The fourth-order valence-electron chi connectivity index (χ4n) is 2.71. The first-order valence-electron chi connectivity index (χ1n) is 6.94. The summed E-state index contributed by atoms with van der Waals surface area (Å²) in [7, 11) is 0. The van der Waals surface area contributed by atoms with Crippen LogP contribution in [0.4, 0.5) is 0 Å². The zero-order valence-corrected chi connectivity index (χ0v) is 11.1. The highest BCUT2D eigenvalue weighted by molar-refractivity contribution is 5.80. The molecule has 106 valence electrons. The highest BCUT2D eigenvalue weighted by Gasteiger charge is 2.29. The molecule has 1 aromatic heterocycles. The maximum atomic E-state index is 6.04. The fourth-order valence-corrected chi connectivity index (χ4v) is 2.71. The van der Waals surface area contributed by atoms with Gasteiger partial charge in [-0.25, -0.2) is 4.98 Å². The van der Waals surface area contributed by atoms with E-state index in [2.05, 4.69) is 9.97 Å². The van der Waals surface area contributed by atoms with Gasteiger partial charge in [0.15, 0.2) is 11.5 Å². The molecule has 2 aliphatic rings. The molecule has 3 heterocycles. The molecule has 0 saturated carbocycles. The van der Waals surface area contributed by atoms with Gasteiger partial charge in [-0.05, 0) is 0 Å². The molecule has 2 atom stereocenters. The molecule has 1 fully saturated rings. The Morgan fingerprint density at radius 2 is 1.95 bits per heavy atom. The Kier molecular flexibility index (Phi) is 2.78. The van der Waals surface area contributed by atoms with Crippen molar-refractivity contribution in [2.75, 3.05) is 26.4 Å². The number of fused-ring (bicyclic) bond motifs is 2. The third kappa shape index (κ3) is 1.92. The summed E-state index contributed by atoms with van der Waals surface area (Å²) in [5.74, 6) is 2.55. The minimum Gasteiger partial charge on any atom is -0.489 e. The van der Waals surface area contributed by atoms with E-state index in [1.54, 1.807) is 0 Å². The van der Waals surface area contributed by atoms with Crippen LogP contribution in [0.15, 0.2) is 12.1 Å². The van der Waals surface area contributed by atoms with Crippen LogP contribution in [-0.4, -0.2) is 42.4 Å². The number of benzene rings is 1. The predicted molar refractivity (Wildman–Crippen MR) is 73.2 cm³/mol. The van der Waals surface area contributed by atoms with Crippen molar-refractivity contribution in [3.63, 3.8) is 0 Å². The fraction of sp³-hybridized carbons (Fsp3) is 0.500. The molecule has 3 N–H and O–H groups in total. The number of nitrogens with two attached hydrogens (primary N) is 1. The molecule has 0 spiro atoms. The number of aromatic nitrogens is 2. The van der Waals surface area contributed by atoms with Gasteiger partial charge in [-0.1, -0.05) is 0 Å². The van der Waals surface area contributed by atoms with Crippen LogP contribution in [-0.2, 0) is 4.74 Å². The number of imidazole rings is 1. The SMILES string of the molecule is NC1COCC1c1nc2cc3c(cc2[nH]1)OCCCO3. The van der Waals surface area contributed by atoms with E-state index in [-0.39, 0.29) is 12.0 Å². The molecule has 1 aromatic carbocycles. The smallest absolute Gasteiger partial charge is 0.163 e. The molecule has 0 amide bonds. The quantitative estimate of drug-likeness (QED) is 0.816. The molecule has 0 bridgehead atoms. The van der Waals surface area contributed by atoms with Crippen LogP contribution in [0, 0.1) is 0 Å². The van der Waals surface area contributed by atoms with Crippen LogP contribution in [0.5, 0.6) is 11.5 Å². The Morgan fingerprint density at radius 3 is 2.70 bits per heavy atom. The third-order valence-corrected chi connectivity index (χ3v) is 3.85. The molecular formula is C14H17N3O3. The Morgan fingerprint density at radius 1 is 1.15 bits per heavy atom. The lowest BCUT2D eigenvalue weighted by atomic mass is 10.0. The monoisotopic (exact) mass is 275 g/mol. The lowest BCUT2D eigenvalue weighted by molar-refractivity contribution is 0.190. The normalized spacial score (nSPS) is 25.9. The number of H-pyrrole nitrogens is 1. The van der Waals surface area contributed by atoms with Crippen molar-refractivity contribution in [2.24, 2.45) is 5.73 Å². The molecule has 20 heavy (non-hydrogen) atoms. The Bertz CT molecular complexity index is 597. The van der Waals surface area contributed by atoms with Gasteiger partial charge in [0.25, 0.3) is 0 Å². The average Bonchev–Trinajstić information content (AvgIpc) is 2.96. The minimum atomic E-state index is 0.000821. The van der Waals surface area contributed by atoms with Crippen molar-refractivity contribution in [1.82, 2.24) is 9.97 Å². The standard InChI is InChI=1S/C14H17N3O3/c15-9-7-18-6-8(9)14-16-10-4-12-13(5-11(10)17-14)20-3-1-2-19-12/h4-5,8-9H,1-3,6-7,15H2,(H,16,17). The molecule has 0 aliphatic carbocycles. The van der Waals surface area contributed by atoms with Gasteiger partial charge in [0.2, 0.25) is 0 Å². The van der Waals surface area contributed by atoms with E-state index in [4.69, 9.17) is 19.9 Å². The van der Waals surface area contributed by atoms with Gasteiger partial charge in [-0.2, -0.15) is 0 Å². The van der Waals surface area contributed by atoms with E-state index in [9.17, 15) is 0 Å². The van der Waals surface area contributed by atoms with Crippen molar-refractivity contribution < 1.29 is 14.2 Å². The molecule has 6 nitrogen and oxygen atoms in total. The number of aromatic amines is 1. The van der Waals surface area contributed by atoms with Crippen LogP contribution in [0.3, 0.4) is 0 Å². The third-order valence-electron chi connectivity index (χ3n) is 3.85. The van der Waals surface area contributed by atoms with E-state index in [0.29, 0.717) is 26.4 Å². The first kappa shape index (κ1) is 12.0. The van der Waals surface area contributed by atoms with E-state index in [0.717, 1.165) is 34.8 Å². The van der Waals surface area contributed by atoms with E-state index >= 15 is 0 Å². The van der Waals surface area contributed by atoms with Gasteiger partial charge in [0, 0.05) is 24.6 Å². The highest BCUT2D eigenvalue weighted by atomic mass is 16.5. The van der Waals surface area contributed by atoms with Crippen LogP contribution in [0.2, 0.25) is 0 Å². The maximum absolute atomic E-state index is 6.04. The summed E-state index contributed by atoms with van der Waals surface area (Å²) in [6.45, 7) is 2.57. The predicted octanol–water partition coefficient (Wildman–Crippen LogP) is 1.17. The van der Waals surface area contributed by atoms with Crippen molar-refractivity contribution in [2.45, 2.75) is 18.4 Å². The molecule has 1 saturated heterocycles. The van der Waals surface area contributed by atoms with Crippen molar-refractivity contribution in [3.8, 4) is 11.5 Å². The van der Waals surface area contributed by atoms with Gasteiger partial charge in [0.1, 0.15) is 5.82 Å². The first-order valence-corrected chi connectivity index (χ1v) is 6.94. The summed E-state index contributed by atoms with van der Waals surface area (Å²) < 4.78 is 16.8. The molecule has 2 aliphatic heterocycles. The van der Waals surface area contributed by atoms with Gasteiger partial charge in [-0.3, -0.25) is 0 Å². The summed E-state index contributed by atoms with van der Waals surface area (Å²) in [5, 5.41) is 0. The van der Waals surface area contributed by atoms with Gasteiger partial charge in [0.05, 0.1) is 43.4 Å². The number of nitrogens with one attached hydrogen (secondary N) is 1. The number of ether oxygens (including phenoxy) is 3. The van der Waals surface area contributed by atoms with Crippen molar-refractivity contribution in [1.29, 1.82) is 0 Å². The molecule has 2 aromatic rings. The van der Waals surface area contributed by atoms with Crippen LogP contribution < -0.4 is 15.2 Å². The van der Waals surface area contributed by atoms with E-state index in [1.165, 1.54) is 0 Å². The Hall–Kier alpha value is -1.79. The number of rotatable bonds is 1. The second-order valence-electron chi connectivity index (χ2n) is 5.30. The molecule has 2 unspecified atom stereocenters. The van der Waals surface area contributed by atoms with E-state index in [1.807, 2.05) is 12.1 Å². The lowest BCUT2D eigenvalue weighted by Gasteiger charge is -2.08. The zero-order chi connectivity index (χ0) is 13.5. The molecule has 4 rings (SSSR count). The first-order chi connectivity index (χ1) is 9.81. The van der Waals surface area contributed by atoms with Crippen molar-refractivity contribution in [3.05, 3.63) is 18.0 Å². The summed E-state index contributed by atoms with van der Waals surface area (Å²) in [4.78, 5) is 7.96. The van der Waals surface area contributed by atoms with Crippen LogP contribution in [0.1, 0.15) is 18.2 Å². The summed E-state index contributed by atoms with van der Waals surface area (Å²) in [6, 6.07) is 3.88. The number of hydrogen-bond donors (Lipinski definition) is 2. The van der Waals surface area contributed by atoms with Crippen molar-refractivity contribution >= 4 is 11.0 Å². The maximum Gasteiger partial charge on any atom is 0.163 e. The van der Waals surface area contributed by atoms with Crippen LogP contribution >= 0.6 is 0 Å². The van der Waals surface area contributed by atoms with Gasteiger partial charge < -0.3 is 24.9 Å². The zero-order valence-electron chi connectivity index (χ0n) is 11.1. The Balaban J connectivity index is 1.76. The Labute approximate surface area is 116 Å². The molecule has 0 radical (unpaired) electrons. The highest BCUT2D eigenvalue weighted by Crippen LogP contribution is 2.34. The minimum absolute atomic E-state index is 0.000821.